The summed E-state index contributed by atoms with van der Waals surface area (Å²) in [5.41, 5.74) is 0.405. The molecule has 0 aromatic carbocycles. The van der Waals surface area contributed by atoms with Gasteiger partial charge in [-0.15, -0.1) is 0 Å². The average Bonchev–Trinajstić information content (AvgIpc) is 2.41. The zero-order chi connectivity index (χ0) is 13.8. The lowest BCUT2D eigenvalue weighted by Crippen LogP contribution is -2.45. The number of hydrogen-bond acceptors (Lipinski definition) is 5. The highest BCUT2D eigenvalue weighted by Crippen LogP contribution is 2.19. The van der Waals surface area contributed by atoms with Crippen LogP contribution in [0.4, 0.5) is 16.2 Å². The number of rotatable bonds is 4. The lowest BCUT2D eigenvalue weighted by atomic mass is 10.3. The van der Waals surface area contributed by atoms with Crippen molar-refractivity contribution in [3.8, 4) is 0 Å². The number of piperazine rings is 1. The van der Waals surface area contributed by atoms with Crippen LogP contribution in [0.5, 0.6) is 0 Å². The first-order valence-corrected chi connectivity index (χ1v) is 6.83. The number of likely N-dealkylation sites (N-methyl/N-ethyl adjacent to an activating group) is 1. The first-order valence-electron chi connectivity index (χ1n) is 6.83. The molecule has 1 N–H and O–H groups in total. The summed E-state index contributed by atoms with van der Waals surface area (Å²) in [7, 11) is 2.10. The minimum Gasteiger partial charge on any atom is -0.367 e. The molecule has 2 rings (SSSR count). The van der Waals surface area contributed by atoms with Crippen LogP contribution in [0.2, 0.25) is 0 Å². The minimum atomic E-state index is -0.341. The summed E-state index contributed by atoms with van der Waals surface area (Å²) in [4.78, 5) is 13.0. The van der Waals surface area contributed by atoms with Gasteiger partial charge in [-0.1, -0.05) is 6.92 Å². The summed E-state index contributed by atoms with van der Waals surface area (Å²) in [5, 5.41) is 3.03. The monoisotopic (exact) mass is 267 g/mol. The fraction of sp³-hybridized carbons (Fsp3) is 0.692. The molecule has 106 valence electrons. The van der Waals surface area contributed by atoms with Gasteiger partial charge in [-0.2, -0.15) is 4.98 Å². The second kappa shape index (κ2) is 6.14. The Bertz CT molecular complexity index is 429. The third-order valence-corrected chi connectivity index (χ3v) is 3.33. The van der Waals surface area contributed by atoms with Gasteiger partial charge in [0.2, 0.25) is 5.95 Å². The molecule has 0 spiro atoms. The molecule has 1 aromatic heterocycles. The van der Waals surface area contributed by atoms with Gasteiger partial charge in [0.25, 0.3) is 0 Å². The van der Waals surface area contributed by atoms with Crippen LogP contribution in [0.15, 0.2) is 0 Å². The predicted octanol–water partition coefficient (Wildman–Crippen LogP) is 1.50. The highest BCUT2D eigenvalue weighted by atomic mass is 19.1. The van der Waals surface area contributed by atoms with Crippen LogP contribution in [0, 0.1) is 12.7 Å². The number of anilines is 2. The molecule has 0 saturated carbocycles. The quantitative estimate of drug-likeness (QED) is 0.895. The fourth-order valence-electron chi connectivity index (χ4n) is 2.05. The molecule has 2 heterocycles. The SMILES string of the molecule is CCCNc1nc(N2CCN(C)CC2)nc(C)c1F. The van der Waals surface area contributed by atoms with E-state index in [0.29, 0.717) is 17.5 Å². The Labute approximate surface area is 113 Å². The van der Waals surface area contributed by atoms with Gasteiger partial charge >= 0.3 is 0 Å². The van der Waals surface area contributed by atoms with Crippen LogP contribution in [-0.2, 0) is 0 Å². The molecule has 5 nitrogen and oxygen atoms in total. The number of nitrogens with one attached hydrogen (secondary N) is 1. The van der Waals surface area contributed by atoms with Gasteiger partial charge in [-0.3, -0.25) is 0 Å². The van der Waals surface area contributed by atoms with E-state index in [9.17, 15) is 4.39 Å². The molecule has 0 aliphatic carbocycles. The molecular weight excluding hydrogens is 245 g/mol. The Morgan fingerprint density at radius 3 is 2.53 bits per heavy atom. The van der Waals surface area contributed by atoms with Gasteiger partial charge in [0, 0.05) is 32.7 Å². The maximum Gasteiger partial charge on any atom is 0.227 e. The number of aromatic nitrogens is 2. The first kappa shape index (κ1) is 14.0. The first-order chi connectivity index (χ1) is 9.11. The van der Waals surface area contributed by atoms with Crippen molar-refractivity contribution >= 4 is 11.8 Å². The molecular formula is C13H22FN5. The van der Waals surface area contributed by atoms with Crippen molar-refractivity contribution in [1.82, 2.24) is 14.9 Å². The van der Waals surface area contributed by atoms with Gasteiger partial charge in [-0.05, 0) is 20.4 Å². The largest absolute Gasteiger partial charge is 0.367 e. The Balaban J connectivity index is 2.18. The van der Waals surface area contributed by atoms with Crippen molar-refractivity contribution in [2.75, 3.05) is 50.0 Å². The number of aryl methyl sites for hydroxylation is 1. The maximum absolute atomic E-state index is 13.9. The van der Waals surface area contributed by atoms with Crippen molar-refractivity contribution in [1.29, 1.82) is 0 Å². The third-order valence-electron chi connectivity index (χ3n) is 3.33. The minimum absolute atomic E-state index is 0.322. The van der Waals surface area contributed by atoms with Crippen molar-refractivity contribution in [3.63, 3.8) is 0 Å². The highest BCUT2D eigenvalue weighted by molar-refractivity contribution is 5.45. The Morgan fingerprint density at radius 2 is 1.89 bits per heavy atom. The van der Waals surface area contributed by atoms with Crippen LogP contribution >= 0.6 is 0 Å². The molecule has 1 aliphatic heterocycles. The predicted molar refractivity (Wildman–Crippen MR) is 75.2 cm³/mol. The zero-order valence-corrected chi connectivity index (χ0v) is 11.9. The molecule has 19 heavy (non-hydrogen) atoms. The Morgan fingerprint density at radius 1 is 1.21 bits per heavy atom. The van der Waals surface area contributed by atoms with E-state index in [4.69, 9.17) is 0 Å². The van der Waals surface area contributed by atoms with Crippen LogP contribution in [-0.4, -0.2) is 54.6 Å². The van der Waals surface area contributed by atoms with Crippen molar-refractivity contribution in [2.24, 2.45) is 0 Å². The van der Waals surface area contributed by atoms with Crippen molar-refractivity contribution in [2.45, 2.75) is 20.3 Å². The van der Waals surface area contributed by atoms with E-state index in [2.05, 4.69) is 32.1 Å². The van der Waals surface area contributed by atoms with Gasteiger partial charge in [0.05, 0.1) is 5.69 Å². The Hall–Kier alpha value is -1.43. The number of nitrogens with zero attached hydrogens (tertiary/aromatic N) is 4. The van der Waals surface area contributed by atoms with Gasteiger partial charge in [0.1, 0.15) is 0 Å². The van der Waals surface area contributed by atoms with Gasteiger partial charge in [0.15, 0.2) is 11.6 Å². The molecule has 0 unspecified atom stereocenters. The van der Waals surface area contributed by atoms with E-state index < -0.39 is 0 Å². The molecule has 0 amide bonds. The summed E-state index contributed by atoms with van der Waals surface area (Å²) >= 11 is 0. The molecule has 1 aromatic rings. The maximum atomic E-state index is 13.9. The summed E-state index contributed by atoms with van der Waals surface area (Å²) in [6.45, 7) is 8.18. The molecule has 1 saturated heterocycles. The summed E-state index contributed by atoms with van der Waals surface area (Å²) in [6, 6.07) is 0. The van der Waals surface area contributed by atoms with Gasteiger partial charge < -0.3 is 15.1 Å². The topological polar surface area (TPSA) is 44.3 Å². The summed E-state index contributed by atoms with van der Waals surface area (Å²) in [5.74, 6) is 0.611. The molecule has 1 aliphatic rings. The molecule has 0 atom stereocenters. The second-order valence-electron chi connectivity index (χ2n) is 4.99. The summed E-state index contributed by atoms with van der Waals surface area (Å²) < 4.78 is 13.9. The lowest BCUT2D eigenvalue weighted by molar-refractivity contribution is 0.311. The lowest BCUT2D eigenvalue weighted by Gasteiger charge is -2.32. The summed E-state index contributed by atoms with van der Waals surface area (Å²) in [6.07, 6.45) is 0.937. The zero-order valence-electron chi connectivity index (χ0n) is 11.9. The van der Waals surface area contributed by atoms with Crippen molar-refractivity contribution < 1.29 is 4.39 Å². The third kappa shape index (κ3) is 3.32. The standard InChI is InChI=1S/C13H22FN5/c1-4-5-15-12-11(14)10(2)16-13(17-12)19-8-6-18(3)7-9-19/h4-9H2,1-3H3,(H,15,16,17). The van der Waals surface area contributed by atoms with E-state index in [1.165, 1.54) is 0 Å². The average molecular weight is 267 g/mol. The number of halogens is 1. The van der Waals surface area contributed by atoms with E-state index in [-0.39, 0.29) is 5.82 Å². The van der Waals surface area contributed by atoms with E-state index in [1.807, 2.05) is 6.92 Å². The van der Waals surface area contributed by atoms with Crippen LogP contribution < -0.4 is 10.2 Å². The molecule has 6 heteroatoms. The van der Waals surface area contributed by atoms with E-state index >= 15 is 0 Å². The normalized spacial score (nSPS) is 16.7. The van der Waals surface area contributed by atoms with E-state index in [1.54, 1.807) is 6.92 Å². The fourth-order valence-corrected chi connectivity index (χ4v) is 2.05. The molecule has 0 radical (unpaired) electrons. The van der Waals surface area contributed by atoms with Crippen LogP contribution in [0.1, 0.15) is 19.0 Å². The highest BCUT2D eigenvalue weighted by Gasteiger charge is 2.19. The van der Waals surface area contributed by atoms with Crippen molar-refractivity contribution in [3.05, 3.63) is 11.5 Å². The van der Waals surface area contributed by atoms with Crippen LogP contribution in [0.25, 0.3) is 0 Å². The second-order valence-corrected chi connectivity index (χ2v) is 4.99. The number of hydrogen-bond donors (Lipinski definition) is 1. The van der Waals surface area contributed by atoms with Crippen LogP contribution in [0.3, 0.4) is 0 Å². The molecule has 1 fully saturated rings. The van der Waals surface area contributed by atoms with E-state index in [0.717, 1.165) is 39.1 Å². The Kier molecular flexibility index (Phi) is 4.52. The van der Waals surface area contributed by atoms with Gasteiger partial charge in [-0.25, -0.2) is 9.37 Å². The smallest absolute Gasteiger partial charge is 0.227 e. The molecule has 0 bridgehead atoms.